The summed E-state index contributed by atoms with van der Waals surface area (Å²) in [6, 6.07) is 0.741. The van der Waals surface area contributed by atoms with E-state index in [1.807, 2.05) is 0 Å². The van der Waals surface area contributed by atoms with Crippen molar-refractivity contribution in [1.29, 1.82) is 0 Å². The van der Waals surface area contributed by atoms with E-state index in [0.717, 1.165) is 12.0 Å². The molecule has 1 nitrogen and oxygen atoms in total. The molecular formula is C16H31N. The van der Waals surface area contributed by atoms with Crippen molar-refractivity contribution in [3.63, 3.8) is 0 Å². The third-order valence-electron chi connectivity index (χ3n) is 4.93. The Hall–Kier alpha value is -0.0400. The SMILES string of the molecule is CC1(C)CC(NCC2CC2(C)C)CC(C)(C)C1. The Labute approximate surface area is 108 Å². The Morgan fingerprint density at radius 2 is 1.35 bits per heavy atom. The van der Waals surface area contributed by atoms with Gasteiger partial charge in [0.2, 0.25) is 0 Å². The van der Waals surface area contributed by atoms with E-state index in [4.69, 9.17) is 0 Å². The lowest BCUT2D eigenvalue weighted by Crippen LogP contribution is -2.44. The molecule has 0 spiro atoms. The Morgan fingerprint density at radius 3 is 1.76 bits per heavy atom. The van der Waals surface area contributed by atoms with Gasteiger partial charge in [-0.1, -0.05) is 41.5 Å². The monoisotopic (exact) mass is 237 g/mol. The lowest BCUT2D eigenvalue weighted by atomic mass is 9.63. The highest BCUT2D eigenvalue weighted by molar-refractivity contribution is 4.98. The fourth-order valence-corrected chi connectivity index (χ4v) is 4.22. The van der Waals surface area contributed by atoms with Crippen LogP contribution in [0.2, 0.25) is 0 Å². The highest BCUT2D eigenvalue weighted by Gasteiger charge is 2.46. The van der Waals surface area contributed by atoms with Crippen LogP contribution in [0.3, 0.4) is 0 Å². The van der Waals surface area contributed by atoms with Gasteiger partial charge in [0.25, 0.3) is 0 Å². The van der Waals surface area contributed by atoms with Crippen molar-refractivity contribution in [2.75, 3.05) is 6.54 Å². The van der Waals surface area contributed by atoms with E-state index >= 15 is 0 Å². The van der Waals surface area contributed by atoms with Gasteiger partial charge in [-0.2, -0.15) is 0 Å². The first-order chi connectivity index (χ1) is 7.60. The van der Waals surface area contributed by atoms with Gasteiger partial charge in [-0.3, -0.25) is 0 Å². The van der Waals surface area contributed by atoms with Gasteiger partial charge in [0.05, 0.1) is 0 Å². The molecular weight excluding hydrogens is 206 g/mol. The van der Waals surface area contributed by atoms with Gasteiger partial charge in [-0.15, -0.1) is 0 Å². The first-order valence-corrected chi connectivity index (χ1v) is 7.33. The van der Waals surface area contributed by atoms with E-state index in [9.17, 15) is 0 Å². The molecule has 0 bridgehead atoms. The maximum absolute atomic E-state index is 3.85. The average Bonchev–Trinajstić information content (AvgIpc) is 2.65. The molecule has 1 unspecified atom stereocenters. The highest BCUT2D eigenvalue weighted by atomic mass is 14.9. The van der Waals surface area contributed by atoms with Gasteiger partial charge < -0.3 is 5.32 Å². The molecule has 2 aliphatic carbocycles. The van der Waals surface area contributed by atoms with Crippen LogP contribution in [-0.4, -0.2) is 12.6 Å². The third kappa shape index (κ3) is 3.47. The summed E-state index contributed by atoms with van der Waals surface area (Å²) >= 11 is 0. The first-order valence-electron chi connectivity index (χ1n) is 7.33. The average molecular weight is 237 g/mol. The molecule has 0 aromatic carbocycles. The van der Waals surface area contributed by atoms with Gasteiger partial charge in [-0.25, -0.2) is 0 Å². The normalized spacial score (nSPS) is 34.6. The van der Waals surface area contributed by atoms with Crippen LogP contribution in [0.4, 0.5) is 0 Å². The largest absolute Gasteiger partial charge is 0.314 e. The maximum atomic E-state index is 3.85. The van der Waals surface area contributed by atoms with E-state index in [1.165, 1.54) is 32.2 Å². The second-order valence-corrected chi connectivity index (χ2v) is 8.91. The maximum Gasteiger partial charge on any atom is 0.00773 e. The van der Waals surface area contributed by atoms with Crippen molar-refractivity contribution in [1.82, 2.24) is 5.32 Å². The van der Waals surface area contributed by atoms with E-state index in [0.29, 0.717) is 16.2 Å². The minimum absolute atomic E-state index is 0.512. The van der Waals surface area contributed by atoms with Crippen molar-refractivity contribution >= 4 is 0 Å². The fourth-order valence-electron chi connectivity index (χ4n) is 4.22. The molecule has 0 aromatic heterocycles. The van der Waals surface area contributed by atoms with E-state index in [2.05, 4.69) is 46.9 Å². The van der Waals surface area contributed by atoms with Gasteiger partial charge in [0.1, 0.15) is 0 Å². The van der Waals surface area contributed by atoms with Gasteiger partial charge in [0, 0.05) is 6.04 Å². The molecule has 1 N–H and O–H groups in total. The zero-order valence-corrected chi connectivity index (χ0v) is 12.7. The van der Waals surface area contributed by atoms with Crippen LogP contribution in [0.5, 0.6) is 0 Å². The zero-order valence-electron chi connectivity index (χ0n) is 12.7. The van der Waals surface area contributed by atoms with Gasteiger partial charge in [-0.05, 0) is 54.4 Å². The summed E-state index contributed by atoms with van der Waals surface area (Å²) in [5.74, 6) is 0.927. The Bertz CT molecular complexity index is 272. The summed E-state index contributed by atoms with van der Waals surface area (Å²) < 4.78 is 0. The van der Waals surface area contributed by atoms with Crippen LogP contribution >= 0.6 is 0 Å². The van der Waals surface area contributed by atoms with Crippen LogP contribution in [-0.2, 0) is 0 Å². The molecule has 0 aliphatic heterocycles. The summed E-state index contributed by atoms with van der Waals surface area (Å²) in [5.41, 5.74) is 1.64. The van der Waals surface area contributed by atoms with Crippen molar-refractivity contribution < 1.29 is 0 Å². The molecule has 0 saturated heterocycles. The molecule has 0 amide bonds. The molecule has 1 atom stereocenters. The van der Waals surface area contributed by atoms with E-state index < -0.39 is 0 Å². The second-order valence-electron chi connectivity index (χ2n) is 8.91. The molecule has 2 saturated carbocycles. The molecule has 0 radical (unpaired) electrons. The van der Waals surface area contributed by atoms with E-state index in [-0.39, 0.29) is 0 Å². The lowest BCUT2D eigenvalue weighted by molar-refractivity contribution is 0.0844. The quantitative estimate of drug-likeness (QED) is 0.774. The minimum Gasteiger partial charge on any atom is -0.314 e. The van der Waals surface area contributed by atoms with Gasteiger partial charge >= 0.3 is 0 Å². The first kappa shape index (κ1) is 13.4. The van der Waals surface area contributed by atoms with Crippen LogP contribution < -0.4 is 5.32 Å². The Kier molecular flexibility index (Phi) is 3.14. The van der Waals surface area contributed by atoms with Crippen LogP contribution in [0.15, 0.2) is 0 Å². The molecule has 1 heteroatoms. The number of rotatable bonds is 3. The van der Waals surface area contributed by atoms with Crippen LogP contribution in [0, 0.1) is 22.2 Å². The predicted molar refractivity (Wildman–Crippen MR) is 75.1 cm³/mol. The molecule has 2 fully saturated rings. The minimum atomic E-state index is 0.512. The summed E-state index contributed by atoms with van der Waals surface area (Å²) in [7, 11) is 0. The molecule has 0 aromatic rings. The summed E-state index contributed by atoms with van der Waals surface area (Å²) in [6.45, 7) is 15.8. The van der Waals surface area contributed by atoms with Crippen molar-refractivity contribution in [2.45, 2.75) is 73.3 Å². The van der Waals surface area contributed by atoms with Crippen molar-refractivity contribution in [3.8, 4) is 0 Å². The van der Waals surface area contributed by atoms with Crippen molar-refractivity contribution in [2.24, 2.45) is 22.2 Å². The predicted octanol–water partition coefficient (Wildman–Crippen LogP) is 4.23. The zero-order chi connectivity index (χ0) is 12.9. The lowest BCUT2D eigenvalue weighted by Gasteiger charge is -2.45. The molecule has 2 aliphatic rings. The Balaban J connectivity index is 1.84. The summed E-state index contributed by atoms with van der Waals surface area (Å²) in [4.78, 5) is 0. The Morgan fingerprint density at radius 1 is 0.882 bits per heavy atom. The van der Waals surface area contributed by atoms with Crippen molar-refractivity contribution in [3.05, 3.63) is 0 Å². The third-order valence-corrected chi connectivity index (χ3v) is 4.93. The number of nitrogens with one attached hydrogen (secondary N) is 1. The molecule has 100 valence electrons. The molecule has 17 heavy (non-hydrogen) atoms. The molecule has 2 rings (SSSR count). The molecule has 0 heterocycles. The van der Waals surface area contributed by atoms with Crippen LogP contribution in [0.1, 0.15) is 67.2 Å². The van der Waals surface area contributed by atoms with Gasteiger partial charge in [0.15, 0.2) is 0 Å². The topological polar surface area (TPSA) is 12.0 Å². The fraction of sp³-hybridized carbons (Fsp3) is 1.00. The van der Waals surface area contributed by atoms with Crippen LogP contribution in [0.25, 0.3) is 0 Å². The smallest absolute Gasteiger partial charge is 0.00773 e. The summed E-state index contributed by atoms with van der Waals surface area (Å²) in [5, 5.41) is 3.85. The standard InChI is InChI=1S/C16H31N/c1-14(2)8-13(9-15(3,4)11-14)17-10-12-7-16(12,5)6/h12-13,17H,7-11H2,1-6H3. The number of hydrogen-bond acceptors (Lipinski definition) is 1. The van der Waals surface area contributed by atoms with E-state index in [1.54, 1.807) is 0 Å². The second kappa shape index (κ2) is 3.98. The highest BCUT2D eigenvalue weighted by Crippen LogP contribution is 2.51. The summed E-state index contributed by atoms with van der Waals surface area (Å²) in [6.07, 6.45) is 5.49. The number of hydrogen-bond donors (Lipinski definition) is 1.